The molecule has 0 saturated heterocycles. The van der Waals surface area contributed by atoms with Gasteiger partial charge in [-0.15, -0.1) is 0 Å². The summed E-state index contributed by atoms with van der Waals surface area (Å²) in [6.07, 6.45) is 0. The van der Waals surface area contributed by atoms with Crippen LogP contribution in [0.25, 0.3) is 0 Å². The number of nitrogens with one attached hydrogen (secondary N) is 1. The number of benzene rings is 1. The molecule has 0 aliphatic heterocycles. The lowest BCUT2D eigenvalue weighted by Gasteiger charge is -2.05. The van der Waals surface area contributed by atoms with Gasteiger partial charge in [0.2, 0.25) is 10.0 Å². The zero-order valence-corrected chi connectivity index (χ0v) is 9.20. The highest BCUT2D eigenvalue weighted by Crippen LogP contribution is 2.16. The Balaban J connectivity index is 2.99. The molecular weight excluding hydrogens is 280 g/mol. The first-order valence-electron chi connectivity index (χ1n) is 3.46. The fourth-order valence-corrected chi connectivity index (χ4v) is 1.67. The predicted molar refractivity (Wildman–Crippen MR) is 52.7 cm³/mol. The van der Waals surface area contributed by atoms with Gasteiger partial charge in [0.15, 0.2) is 0 Å². The van der Waals surface area contributed by atoms with Crippen LogP contribution in [0.4, 0.5) is 14.5 Å². The first-order chi connectivity index (χ1) is 6.44. The number of hydrogen-bond donors (Lipinski definition) is 1. The third-order valence-electron chi connectivity index (χ3n) is 1.34. The van der Waals surface area contributed by atoms with Crippen LogP contribution in [0.2, 0.25) is 0 Å². The zero-order valence-electron chi connectivity index (χ0n) is 6.80. The van der Waals surface area contributed by atoms with E-state index in [1.807, 2.05) is 4.72 Å². The molecule has 0 aliphatic carbocycles. The topological polar surface area (TPSA) is 46.2 Å². The molecular formula is C7H6BrF2NO2S. The summed E-state index contributed by atoms with van der Waals surface area (Å²) in [5.41, 5.74) is -0.272. The molecule has 1 aromatic rings. The lowest BCUT2D eigenvalue weighted by molar-refractivity contribution is 0.583. The largest absolute Gasteiger partial charge is 0.280 e. The van der Waals surface area contributed by atoms with Gasteiger partial charge in [-0.2, -0.15) is 0 Å². The summed E-state index contributed by atoms with van der Waals surface area (Å²) in [4.78, 5) is 0. The lowest BCUT2D eigenvalue weighted by Crippen LogP contribution is -2.14. The van der Waals surface area contributed by atoms with Crippen molar-refractivity contribution in [2.75, 3.05) is 9.38 Å². The van der Waals surface area contributed by atoms with Crippen molar-refractivity contribution in [3.63, 3.8) is 0 Å². The molecule has 14 heavy (non-hydrogen) atoms. The quantitative estimate of drug-likeness (QED) is 0.864. The monoisotopic (exact) mass is 285 g/mol. The minimum atomic E-state index is -3.60. The van der Waals surface area contributed by atoms with Gasteiger partial charge in [-0.3, -0.25) is 4.72 Å². The minimum Gasteiger partial charge on any atom is -0.280 e. The highest BCUT2D eigenvalue weighted by molar-refractivity contribution is 9.10. The van der Waals surface area contributed by atoms with E-state index in [2.05, 4.69) is 15.9 Å². The number of alkyl halides is 1. The highest BCUT2D eigenvalue weighted by atomic mass is 79.9. The van der Waals surface area contributed by atoms with E-state index in [-0.39, 0.29) is 10.3 Å². The van der Waals surface area contributed by atoms with Crippen LogP contribution >= 0.6 is 15.9 Å². The summed E-state index contributed by atoms with van der Waals surface area (Å²) in [7, 11) is -3.60. The van der Waals surface area contributed by atoms with Gasteiger partial charge in [-0.1, -0.05) is 15.9 Å². The molecule has 1 rings (SSSR count). The maximum Gasteiger partial charge on any atom is 0.242 e. The summed E-state index contributed by atoms with van der Waals surface area (Å²) < 4.78 is 48.9. The van der Waals surface area contributed by atoms with E-state index >= 15 is 0 Å². The molecule has 0 unspecified atom stereocenters. The summed E-state index contributed by atoms with van der Waals surface area (Å²) in [6, 6.07) is 2.59. The van der Waals surface area contributed by atoms with Crippen molar-refractivity contribution in [1.82, 2.24) is 0 Å². The standard InChI is InChI=1S/C7H6BrF2NO2S/c8-4-14(12,13)11-7-2-1-5(9)3-6(7)10/h1-3,11H,4H2. The molecule has 3 nitrogen and oxygen atoms in total. The molecule has 0 aliphatic rings. The molecule has 0 atom stereocenters. The van der Waals surface area contributed by atoms with Gasteiger partial charge in [0.05, 0.1) is 5.69 Å². The minimum absolute atomic E-state index is 0.272. The Labute approximate surface area is 88.3 Å². The van der Waals surface area contributed by atoms with Crippen molar-refractivity contribution in [1.29, 1.82) is 0 Å². The Morgan fingerprint density at radius 2 is 2.00 bits per heavy atom. The summed E-state index contributed by atoms with van der Waals surface area (Å²) in [5, 5.41) is 0. The van der Waals surface area contributed by atoms with Crippen LogP contribution < -0.4 is 4.72 Å². The van der Waals surface area contributed by atoms with E-state index in [4.69, 9.17) is 0 Å². The molecule has 0 fully saturated rings. The highest BCUT2D eigenvalue weighted by Gasteiger charge is 2.11. The van der Waals surface area contributed by atoms with Crippen LogP contribution in [-0.2, 0) is 10.0 Å². The predicted octanol–water partition coefficient (Wildman–Crippen LogP) is 2.06. The molecule has 0 aromatic heterocycles. The summed E-state index contributed by atoms with van der Waals surface area (Å²) in [6.45, 7) is 0. The van der Waals surface area contributed by atoms with Crippen molar-refractivity contribution in [2.24, 2.45) is 0 Å². The van der Waals surface area contributed by atoms with Gasteiger partial charge in [-0.25, -0.2) is 17.2 Å². The summed E-state index contributed by atoms with van der Waals surface area (Å²) in [5.74, 6) is -1.71. The molecule has 78 valence electrons. The smallest absolute Gasteiger partial charge is 0.242 e. The van der Waals surface area contributed by atoms with Gasteiger partial charge < -0.3 is 0 Å². The van der Waals surface area contributed by atoms with E-state index in [0.717, 1.165) is 12.1 Å². The molecule has 0 bridgehead atoms. The molecule has 7 heteroatoms. The van der Waals surface area contributed by atoms with E-state index in [1.54, 1.807) is 0 Å². The number of sulfonamides is 1. The first kappa shape index (κ1) is 11.4. The van der Waals surface area contributed by atoms with E-state index in [1.165, 1.54) is 0 Å². The fraction of sp³-hybridized carbons (Fsp3) is 0.143. The molecule has 1 aromatic carbocycles. The normalized spacial score (nSPS) is 11.4. The summed E-state index contributed by atoms with van der Waals surface area (Å²) >= 11 is 2.72. The van der Waals surface area contributed by atoms with Crippen molar-refractivity contribution in [3.05, 3.63) is 29.8 Å². The Morgan fingerprint density at radius 1 is 1.36 bits per heavy atom. The van der Waals surface area contributed by atoms with Gasteiger partial charge >= 0.3 is 0 Å². The van der Waals surface area contributed by atoms with Gasteiger partial charge in [0.1, 0.15) is 16.3 Å². The van der Waals surface area contributed by atoms with Crippen molar-refractivity contribution in [3.8, 4) is 0 Å². The Bertz CT molecular complexity index is 435. The van der Waals surface area contributed by atoms with Crippen LogP contribution in [0.15, 0.2) is 18.2 Å². The molecule has 0 heterocycles. The third kappa shape index (κ3) is 2.91. The van der Waals surface area contributed by atoms with Gasteiger partial charge in [0.25, 0.3) is 0 Å². The van der Waals surface area contributed by atoms with Crippen LogP contribution in [0.3, 0.4) is 0 Å². The molecule has 0 spiro atoms. The SMILES string of the molecule is O=S(=O)(CBr)Nc1ccc(F)cc1F. The van der Waals surface area contributed by atoms with Crippen LogP contribution in [0, 0.1) is 11.6 Å². The lowest BCUT2D eigenvalue weighted by atomic mass is 10.3. The average Bonchev–Trinajstić information content (AvgIpc) is 2.10. The van der Waals surface area contributed by atoms with Crippen molar-refractivity contribution < 1.29 is 17.2 Å². The fourth-order valence-electron chi connectivity index (χ4n) is 0.767. The average molecular weight is 286 g/mol. The number of hydrogen-bond acceptors (Lipinski definition) is 2. The number of halogens is 3. The van der Waals surface area contributed by atoms with Gasteiger partial charge in [-0.05, 0) is 12.1 Å². The van der Waals surface area contributed by atoms with Crippen LogP contribution in [-0.4, -0.2) is 13.1 Å². The Kier molecular flexibility index (Phi) is 3.43. The van der Waals surface area contributed by atoms with Crippen LogP contribution in [0.5, 0.6) is 0 Å². The van der Waals surface area contributed by atoms with Gasteiger partial charge in [0, 0.05) is 6.07 Å². The Hall–Kier alpha value is -0.690. The molecule has 0 amide bonds. The van der Waals surface area contributed by atoms with Crippen molar-refractivity contribution >= 4 is 31.6 Å². The van der Waals surface area contributed by atoms with Crippen LogP contribution in [0.1, 0.15) is 0 Å². The van der Waals surface area contributed by atoms with E-state index < -0.39 is 21.7 Å². The second kappa shape index (κ2) is 4.22. The second-order valence-electron chi connectivity index (χ2n) is 2.45. The molecule has 0 radical (unpaired) electrons. The van der Waals surface area contributed by atoms with Crippen molar-refractivity contribution in [2.45, 2.75) is 0 Å². The first-order valence-corrected chi connectivity index (χ1v) is 6.23. The Morgan fingerprint density at radius 3 is 2.50 bits per heavy atom. The zero-order chi connectivity index (χ0) is 10.8. The second-order valence-corrected chi connectivity index (χ2v) is 5.48. The third-order valence-corrected chi connectivity index (χ3v) is 3.97. The van der Waals surface area contributed by atoms with E-state index in [9.17, 15) is 17.2 Å². The van der Waals surface area contributed by atoms with E-state index in [0.29, 0.717) is 6.07 Å². The maximum atomic E-state index is 12.9. The molecule has 1 N–H and O–H groups in total. The molecule has 0 saturated carbocycles. The number of rotatable bonds is 3. The number of anilines is 1. The maximum absolute atomic E-state index is 12.9.